The molecule has 0 aliphatic rings. The van der Waals surface area contributed by atoms with Crippen molar-refractivity contribution in [3.8, 4) is 22.8 Å². The van der Waals surface area contributed by atoms with Crippen LogP contribution in [-0.4, -0.2) is 10.2 Å². The molecule has 0 aliphatic heterocycles. The third kappa shape index (κ3) is 1.91. The number of phenolic OH excluding ortho intramolecular Hbond substituents is 2. The molecular weight excluding hydrogens is 256 g/mol. The molecule has 0 unspecified atom stereocenters. The van der Waals surface area contributed by atoms with Crippen LogP contribution in [-0.2, 0) is 0 Å². The van der Waals surface area contributed by atoms with E-state index >= 15 is 0 Å². The molecule has 0 aliphatic carbocycles. The summed E-state index contributed by atoms with van der Waals surface area (Å²) in [6, 6.07) is 10.9. The van der Waals surface area contributed by atoms with E-state index in [9.17, 15) is 15.0 Å². The maximum absolute atomic E-state index is 12.3. The van der Waals surface area contributed by atoms with Gasteiger partial charge in [0, 0.05) is 11.1 Å². The highest BCUT2D eigenvalue weighted by Crippen LogP contribution is 2.28. The van der Waals surface area contributed by atoms with E-state index in [-0.39, 0.29) is 16.9 Å². The minimum Gasteiger partial charge on any atom is -0.508 e. The zero-order valence-corrected chi connectivity index (χ0v) is 10.8. The number of hydrogen-bond donors (Lipinski definition) is 2. The predicted octanol–water partition coefficient (Wildman–Crippen LogP) is 3.18. The number of hydrogen-bond acceptors (Lipinski definition) is 4. The Kier molecular flexibility index (Phi) is 2.71. The Hall–Kier alpha value is -2.75. The van der Waals surface area contributed by atoms with E-state index in [4.69, 9.17) is 4.42 Å². The quantitative estimate of drug-likeness (QED) is 0.711. The largest absolute Gasteiger partial charge is 0.508 e. The van der Waals surface area contributed by atoms with E-state index in [2.05, 4.69) is 0 Å². The molecule has 0 saturated carbocycles. The fraction of sp³-hybridized carbons (Fsp3) is 0.0625. The maximum atomic E-state index is 12.3. The summed E-state index contributed by atoms with van der Waals surface area (Å²) in [6.07, 6.45) is 0. The van der Waals surface area contributed by atoms with Gasteiger partial charge in [-0.15, -0.1) is 0 Å². The van der Waals surface area contributed by atoms with Crippen LogP contribution in [0.3, 0.4) is 0 Å². The van der Waals surface area contributed by atoms with Gasteiger partial charge in [-0.05, 0) is 49.4 Å². The Morgan fingerprint density at radius 3 is 2.30 bits per heavy atom. The average molecular weight is 268 g/mol. The zero-order valence-electron chi connectivity index (χ0n) is 10.8. The van der Waals surface area contributed by atoms with Crippen molar-refractivity contribution in [1.29, 1.82) is 0 Å². The van der Waals surface area contributed by atoms with Crippen LogP contribution >= 0.6 is 0 Å². The Bertz CT molecular complexity index is 845. The average Bonchev–Trinajstić information content (AvgIpc) is 2.44. The van der Waals surface area contributed by atoms with Crippen LogP contribution in [0.5, 0.6) is 11.5 Å². The van der Waals surface area contributed by atoms with E-state index < -0.39 is 0 Å². The van der Waals surface area contributed by atoms with Gasteiger partial charge >= 0.3 is 0 Å². The van der Waals surface area contributed by atoms with Crippen LogP contribution in [0.4, 0.5) is 0 Å². The van der Waals surface area contributed by atoms with Gasteiger partial charge < -0.3 is 14.6 Å². The van der Waals surface area contributed by atoms with Gasteiger partial charge in [0.25, 0.3) is 0 Å². The van der Waals surface area contributed by atoms with Crippen molar-refractivity contribution < 1.29 is 14.6 Å². The third-order valence-electron chi connectivity index (χ3n) is 3.23. The lowest BCUT2D eigenvalue weighted by Gasteiger charge is -2.07. The second kappa shape index (κ2) is 4.42. The van der Waals surface area contributed by atoms with Crippen molar-refractivity contribution in [1.82, 2.24) is 0 Å². The lowest BCUT2D eigenvalue weighted by Crippen LogP contribution is -2.07. The van der Waals surface area contributed by atoms with Crippen molar-refractivity contribution in [2.24, 2.45) is 0 Å². The third-order valence-corrected chi connectivity index (χ3v) is 3.23. The fourth-order valence-corrected chi connectivity index (χ4v) is 2.16. The maximum Gasteiger partial charge on any atom is 0.196 e. The molecule has 1 aromatic heterocycles. The molecule has 0 spiro atoms. The molecule has 4 heteroatoms. The van der Waals surface area contributed by atoms with Crippen molar-refractivity contribution >= 4 is 11.0 Å². The number of aromatic hydroxyl groups is 2. The lowest BCUT2D eigenvalue weighted by atomic mass is 10.1. The summed E-state index contributed by atoms with van der Waals surface area (Å²) in [6.45, 7) is 1.68. The van der Waals surface area contributed by atoms with Gasteiger partial charge in [0.15, 0.2) is 5.43 Å². The molecule has 100 valence electrons. The Balaban J connectivity index is 2.32. The first-order valence-corrected chi connectivity index (χ1v) is 6.12. The Labute approximate surface area is 114 Å². The smallest absolute Gasteiger partial charge is 0.196 e. The molecule has 0 bridgehead atoms. The van der Waals surface area contributed by atoms with Crippen molar-refractivity contribution in [3.05, 3.63) is 58.3 Å². The zero-order chi connectivity index (χ0) is 14.3. The SMILES string of the molecule is Cc1c(-c2ccc(O)cc2)oc2ccc(O)cc2c1=O. The topological polar surface area (TPSA) is 70.7 Å². The monoisotopic (exact) mass is 268 g/mol. The first-order chi connectivity index (χ1) is 9.56. The molecule has 0 amide bonds. The highest BCUT2D eigenvalue weighted by atomic mass is 16.3. The first-order valence-electron chi connectivity index (χ1n) is 6.12. The summed E-state index contributed by atoms with van der Waals surface area (Å²) in [5.41, 5.74) is 1.42. The lowest BCUT2D eigenvalue weighted by molar-refractivity contribution is 0.474. The predicted molar refractivity (Wildman–Crippen MR) is 76.0 cm³/mol. The Morgan fingerprint density at radius 1 is 0.950 bits per heavy atom. The van der Waals surface area contributed by atoms with Crippen LogP contribution in [0.2, 0.25) is 0 Å². The summed E-state index contributed by atoms with van der Waals surface area (Å²) in [5, 5.41) is 19.1. The molecule has 20 heavy (non-hydrogen) atoms. The van der Waals surface area contributed by atoms with Gasteiger partial charge in [-0.2, -0.15) is 0 Å². The standard InChI is InChI=1S/C16H12O4/c1-9-15(19)13-8-12(18)6-7-14(13)20-16(9)10-2-4-11(17)5-3-10/h2-8,17-18H,1H3. The Morgan fingerprint density at radius 2 is 1.60 bits per heavy atom. The van der Waals surface area contributed by atoms with Gasteiger partial charge in [-0.1, -0.05) is 0 Å². The van der Waals surface area contributed by atoms with Gasteiger partial charge in [0.2, 0.25) is 0 Å². The first kappa shape index (κ1) is 12.3. The molecule has 2 aromatic carbocycles. The molecule has 0 radical (unpaired) electrons. The van der Waals surface area contributed by atoms with E-state index in [1.54, 1.807) is 25.1 Å². The number of rotatable bonds is 1. The molecule has 0 atom stereocenters. The van der Waals surface area contributed by atoms with E-state index in [1.807, 2.05) is 0 Å². The summed E-state index contributed by atoms with van der Waals surface area (Å²) >= 11 is 0. The van der Waals surface area contributed by atoms with Crippen LogP contribution in [0.1, 0.15) is 5.56 Å². The minimum atomic E-state index is -0.176. The van der Waals surface area contributed by atoms with Crippen LogP contribution < -0.4 is 5.43 Å². The highest BCUT2D eigenvalue weighted by Gasteiger charge is 2.13. The molecule has 0 saturated heterocycles. The van der Waals surface area contributed by atoms with Gasteiger partial charge in [-0.25, -0.2) is 0 Å². The summed E-state index contributed by atoms with van der Waals surface area (Å²) in [7, 11) is 0. The van der Waals surface area contributed by atoms with Gasteiger partial charge in [0.1, 0.15) is 22.8 Å². The highest BCUT2D eigenvalue weighted by molar-refractivity contribution is 5.81. The van der Waals surface area contributed by atoms with Gasteiger partial charge in [-0.3, -0.25) is 4.79 Å². The number of benzene rings is 2. The fourth-order valence-electron chi connectivity index (χ4n) is 2.16. The summed E-state index contributed by atoms with van der Waals surface area (Å²) < 4.78 is 5.76. The molecular formula is C16H12O4. The molecule has 4 nitrogen and oxygen atoms in total. The molecule has 1 heterocycles. The summed E-state index contributed by atoms with van der Waals surface area (Å²) in [4.78, 5) is 12.3. The molecule has 3 rings (SSSR count). The van der Waals surface area contributed by atoms with Crippen LogP contribution in [0.25, 0.3) is 22.3 Å². The van der Waals surface area contributed by atoms with Crippen molar-refractivity contribution in [2.45, 2.75) is 6.92 Å². The minimum absolute atomic E-state index is 0.0292. The molecule has 2 N–H and O–H groups in total. The second-order valence-corrected chi connectivity index (χ2v) is 4.61. The van der Waals surface area contributed by atoms with E-state index in [0.717, 1.165) is 0 Å². The molecule has 0 fully saturated rings. The van der Waals surface area contributed by atoms with E-state index in [0.29, 0.717) is 27.9 Å². The summed E-state index contributed by atoms with van der Waals surface area (Å²) in [5.74, 6) is 0.647. The van der Waals surface area contributed by atoms with Crippen LogP contribution in [0.15, 0.2) is 51.7 Å². The normalized spacial score (nSPS) is 10.8. The van der Waals surface area contributed by atoms with Gasteiger partial charge in [0.05, 0.1) is 5.39 Å². The van der Waals surface area contributed by atoms with E-state index in [1.165, 1.54) is 24.3 Å². The molecule has 3 aromatic rings. The van der Waals surface area contributed by atoms with Crippen molar-refractivity contribution in [3.63, 3.8) is 0 Å². The number of fused-ring (bicyclic) bond motifs is 1. The second-order valence-electron chi connectivity index (χ2n) is 4.61. The van der Waals surface area contributed by atoms with Crippen molar-refractivity contribution in [2.75, 3.05) is 0 Å². The van der Waals surface area contributed by atoms with Crippen LogP contribution in [0, 0.1) is 6.92 Å². The number of phenols is 2.